The van der Waals surface area contributed by atoms with Crippen molar-refractivity contribution in [3.8, 4) is 0 Å². The largest absolute Gasteiger partial charge is 0.396 e. The molecule has 3 nitrogen and oxygen atoms in total. The first-order valence-electron chi connectivity index (χ1n) is 7.27. The molecule has 0 spiro atoms. The fourth-order valence-electron chi connectivity index (χ4n) is 2.90. The lowest BCUT2D eigenvalue weighted by Crippen LogP contribution is -2.35. The predicted molar refractivity (Wildman–Crippen MR) is 77.1 cm³/mol. The summed E-state index contributed by atoms with van der Waals surface area (Å²) in [6, 6.07) is 6.82. The number of benzene rings is 1. The molecule has 2 rings (SSSR count). The molecule has 19 heavy (non-hydrogen) atoms. The van der Waals surface area contributed by atoms with E-state index < -0.39 is 0 Å². The van der Waals surface area contributed by atoms with Crippen LogP contribution in [0.15, 0.2) is 18.2 Å². The summed E-state index contributed by atoms with van der Waals surface area (Å²) < 4.78 is 0. The fourth-order valence-corrected chi connectivity index (χ4v) is 2.90. The van der Waals surface area contributed by atoms with Gasteiger partial charge in [0, 0.05) is 19.2 Å². The molecule has 1 unspecified atom stereocenters. The average Bonchev–Trinajstić information content (AvgIpc) is 2.44. The lowest BCUT2D eigenvalue weighted by atomic mass is 9.90. The summed E-state index contributed by atoms with van der Waals surface area (Å²) in [4.78, 5) is 2.13. The van der Waals surface area contributed by atoms with E-state index in [1.54, 1.807) is 0 Å². The van der Waals surface area contributed by atoms with Gasteiger partial charge >= 0.3 is 0 Å². The first-order valence-corrected chi connectivity index (χ1v) is 7.27. The van der Waals surface area contributed by atoms with Crippen LogP contribution < -0.4 is 0 Å². The molecule has 0 fully saturated rings. The van der Waals surface area contributed by atoms with E-state index in [2.05, 4.69) is 23.1 Å². The van der Waals surface area contributed by atoms with Crippen LogP contribution in [-0.2, 0) is 19.4 Å². The minimum atomic E-state index is 0.0426. The number of aryl methyl sites for hydroxylation is 2. The topological polar surface area (TPSA) is 43.7 Å². The van der Waals surface area contributed by atoms with Gasteiger partial charge in [0.15, 0.2) is 0 Å². The minimum Gasteiger partial charge on any atom is -0.396 e. The van der Waals surface area contributed by atoms with Gasteiger partial charge in [0.05, 0.1) is 6.61 Å². The van der Waals surface area contributed by atoms with Gasteiger partial charge in [0.25, 0.3) is 0 Å². The summed E-state index contributed by atoms with van der Waals surface area (Å²) in [5.41, 5.74) is 4.31. The third kappa shape index (κ3) is 3.78. The highest BCUT2D eigenvalue weighted by molar-refractivity contribution is 5.33. The van der Waals surface area contributed by atoms with Gasteiger partial charge in [-0.2, -0.15) is 0 Å². The summed E-state index contributed by atoms with van der Waals surface area (Å²) in [5.74, 6) is 0. The molecule has 0 amide bonds. The van der Waals surface area contributed by atoms with Gasteiger partial charge in [-0.3, -0.25) is 4.90 Å². The highest BCUT2D eigenvalue weighted by Crippen LogP contribution is 2.23. The molecular formula is C16H25NO2. The first kappa shape index (κ1) is 14.5. The maximum Gasteiger partial charge on any atom is 0.0587 e. The van der Waals surface area contributed by atoms with Crippen LogP contribution in [0.5, 0.6) is 0 Å². The van der Waals surface area contributed by atoms with E-state index in [0.29, 0.717) is 6.42 Å². The Hall–Kier alpha value is -0.900. The zero-order valence-corrected chi connectivity index (χ0v) is 11.8. The van der Waals surface area contributed by atoms with Crippen LogP contribution in [0, 0.1) is 0 Å². The van der Waals surface area contributed by atoms with Gasteiger partial charge in [0.1, 0.15) is 0 Å². The van der Waals surface area contributed by atoms with E-state index in [1.165, 1.54) is 42.4 Å². The van der Waals surface area contributed by atoms with Crippen molar-refractivity contribution >= 4 is 0 Å². The lowest BCUT2D eigenvalue weighted by molar-refractivity contribution is 0.115. The van der Waals surface area contributed by atoms with Crippen LogP contribution in [0.4, 0.5) is 0 Å². The molecule has 3 heteroatoms. The van der Waals surface area contributed by atoms with Crippen molar-refractivity contribution in [3.05, 3.63) is 34.9 Å². The van der Waals surface area contributed by atoms with Crippen molar-refractivity contribution in [2.75, 3.05) is 20.3 Å². The zero-order valence-electron chi connectivity index (χ0n) is 11.8. The van der Waals surface area contributed by atoms with Crippen molar-refractivity contribution in [2.24, 2.45) is 0 Å². The van der Waals surface area contributed by atoms with E-state index in [4.69, 9.17) is 5.11 Å². The van der Waals surface area contributed by atoms with E-state index in [0.717, 1.165) is 6.54 Å². The van der Waals surface area contributed by atoms with Crippen LogP contribution in [0.2, 0.25) is 0 Å². The van der Waals surface area contributed by atoms with Gasteiger partial charge in [-0.05, 0) is 55.8 Å². The molecule has 0 radical (unpaired) electrons. The summed E-state index contributed by atoms with van der Waals surface area (Å²) in [5, 5.41) is 18.3. The normalized spacial score (nSPS) is 16.4. The molecule has 0 saturated heterocycles. The van der Waals surface area contributed by atoms with E-state index in [9.17, 15) is 5.11 Å². The van der Waals surface area contributed by atoms with Crippen molar-refractivity contribution in [1.29, 1.82) is 0 Å². The maximum atomic E-state index is 9.34. The number of nitrogens with zero attached hydrogens (tertiary/aromatic N) is 1. The molecule has 0 heterocycles. The van der Waals surface area contributed by atoms with Gasteiger partial charge in [-0.1, -0.05) is 18.2 Å². The molecule has 0 aliphatic heterocycles. The summed E-state index contributed by atoms with van der Waals surface area (Å²) in [7, 11) is 2.01. The molecule has 1 atom stereocenters. The van der Waals surface area contributed by atoms with Crippen molar-refractivity contribution in [2.45, 2.75) is 44.7 Å². The van der Waals surface area contributed by atoms with Crippen LogP contribution in [0.25, 0.3) is 0 Å². The Morgan fingerprint density at radius 2 is 1.89 bits per heavy atom. The third-order valence-electron chi connectivity index (χ3n) is 4.14. The molecule has 1 aliphatic rings. The maximum absolute atomic E-state index is 9.34. The van der Waals surface area contributed by atoms with Gasteiger partial charge in [-0.15, -0.1) is 0 Å². The number of hydrogen-bond donors (Lipinski definition) is 2. The zero-order chi connectivity index (χ0) is 13.7. The number of hydrogen-bond acceptors (Lipinski definition) is 3. The Morgan fingerprint density at radius 1 is 1.16 bits per heavy atom. The Bertz CT molecular complexity index is 406. The highest BCUT2D eigenvalue weighted by atomic mass is 16.3. The number of likely N-dealkylation sites (N-methyl/N-ethyl adjacent to an activating group) is 1. The lowest BCUT2D eigenvalue weighted by Gasteiger charge is -2.26. The van der Waals surface area contributed by atoms with Gasteiger partial charge in [-0.25, -0.2) is 0 Å². The van der Waals surface area contributed by atoms with E-state index >= 15 is 0 Å². The SMILES string of the molecule is CN(Cc1ccc2c(c1)CCCC2)C(CO)CCO. The average molecular weight is 263 g/mol. The molecule has 1 aromatic carbocycles. The second kappa shape index (κ2) is 7.04. The molecule has 0 aromatic heterocycles. The first-order chi connectivity index (χ1) is 9.24. The molecular weight excluding hydrogens is 238 g/mol. The Kier molecular flexibility index (Phi) is 5.37. The molecule has 106 valence electrons. The fraction of sp³-hybridized carbons (Fsp3) is 0.625. The van der Waals surface area contributed by atoms with Gasteiger partial charge < -0.3 is 10.2 Å². The third-order valence-corrected chi connectivity index (χ3v) is 4.14. The standard InChI is InChI=1S/C16H25NO2/c1-17(16(12-19)8-9-18)11-13-6-7-14-4-2-3-5-15(14)10-13/h6-7,10,16,18-19H,2-5,8-9,11-12H2,1H3. The monoisotopic (exact) mass is 263 g/mol. The minimum absolute atomic E-state index is 0.0426. The number of fused-ring (bicyclic) bond motifs is 1. The number of aliphatic hydroxyl groups excluding tert-OH is 2. The highest BCUT2D eigenvalue weighted by Gasteiger charge is 2.15. The Labute approximate surface area is 115 Å². The van der Waals surface area contributed by atoms with E-state index in [-0.39, 0.29) is 19.3 Å². The molecule has 0 saturated carbocycles. The molecule has 0 bridgehead atoms. The van der Waals surface area contributed by atoms with Crippen LogP contribution in [-0.4, -0.2) is 41.4 Å². The quantitative estimate of drug-likeness (QED) is 0.821. The van der Waals surface area contributed by atoms with Crippen molar-refractivity contribution < 1.29 is 10.2 Å². The predicted octanol–water partition coefficient (Wildman–Crippen LogP) is 1.74. The Balaban J connectivity index is 2.02. The summed E-state index contributed by atoms with van der Waals surface area (Å²) >= 11 is 0. The molecule has 2 N–H and O–H groups in total. The molecule has 1 aliphatic carbocycles. The van der Waals surface area contributed by atoms with Crippen LogP contribution >= 0.6 is 0 Å². The smallest absolute Gasteiger partial charge is 0.0587 e. The van der Waals surface area contributed by atoms with Crippen molar-refractivity contribution in [3.63, 3.8) is 0 Å². The number of rotatable bonds is 6. The van der Waals surface area contributed by atoms with E-state index in [1.807, 2.05) is 7.05 Å². The summed E-state index contributed by atoms with van der Waals surface area (Å²) in [6.45, 7) is 1.06. The number of aliphatic hydroxyl groups is 2. The van der Waals surface area contributed by atoms with Crippen LogP contribution in [0.1, 0.15) is 36.0 Å². The van der Waals surface area contributed by atoms with Gasteiger partial charge in [0.2, 0.25) is 0 Å². The second-order valence-electron chi connectivity index (χ2n) is 5.57. The van der Waals surface area contributed by atoms with Crippen LogP contribution in [0.3, 0.4) is 0 Å². The molecule has 1 aromatic rings. The van der Waals surface area contributed by atoms with Crippen molar-refractivity contribution in [1.82, 2.24) is 4.90 Å². The second-order valence-corrected chi connectivity index (χ2v) is 5.57. The summed E-state index contributed by atoms with van der Waals surface area (Å²) in [6.07, 6.45) is 5.66. The Morgan fingerprint density at radius 3 is 2.58 bits per heavy atom.